The average molecular weight is 364 g/mol. The van der Waals surface area contributed by atoms with E-state index in [1.165, 1.54) is 0 Å². The van der Waals surface area contributed by atoms with E-state index < -0.39 is 0 Å². The number of hydrogen-bond acceptors (Lipinski definition) is 2. The highest BCUT2D eigenvalue weighted by molar-refractivity contribution is 9.10. The van der Waals surface area contributed by atoms with E-state index in [0.717, 1.165) is 28.0 Å². The van der Waals surface area contributed by atoms with Crippen LogP contribution in [0, 0.1) is 13.8 Å². The smallest absolute Gasteiger partial charge is 0.253 e. The van der Waals surface area contributed by atoms with E-state index in [-0.39, 0.29) is 11.9 Å². The molecule has 22 heavy (non-hydrogen) atoms. The maximum absolute atomic E-state index is 12.3. The highest BCUT2D eigenvalue weighted by Gasteiger charge is 2.16. The summed E-state index contributed by atoms with van der Waals surface area (Å²) in [6.45, 7) is 6.51. The van der Waals surface area contributed by atoms with E-state index in [4.69, 9.17) is 5.73 Å². The Labute approximate surface area is 139 Å². The Bertz CT molecular complexity index is 659. The van der Waals surface area contributed by atoms with Crippen LogP contribution in [0.1, 0.15) is 35.1 Å². The Kier molecular flexibility index (Phi) is 5.42. The molecular weight excluding hydrogens is 342 g/mol. The van der Waals surface area contributed by atoms with Crippen LogP contribution in [0.2, 0.25) is 0 Å². The van der Waals surface area contributed by atoms with Gasteiger partial charge in [-0.2, -0.15) is 0 Å². The van der Waals surface area contributed by atoms with Gasteiger partial charge in [0.2, 0.25) is 0 Å². The van der Waals surface area contributed by atoms with Gasteiger partial charge in [0, 0.05) is 34.1 Å². The molecule has 2 aromatic rings. The van der Waals surface area contributed by atoms with Gasteiger partial charge in [-0.1, -0.05) is 15.9 Å². The topological polar surface area (TPSA) is 60.1 Å². The number of amides is 1. The first kappa shape index (κ1) is 16.8. The number of nitrogens with zero attached hydrogens (tertiary/aromatic N) is 1. The number of aromatic nitrogens is 1. The predicted octanol–water partition coefficient (Wildman–Crippen LogP) is 3.32. The maximum atomic E-state index is 12.3. The van der Waals surface area contributed by atoms with Crippen LogP contribution in [0.4, 0.5) is 0 Å². The third kappa shape index (κ3) is 3.78. The molecule has 0 aliphatic heterocycles. The molecule has 4 nitrogen and oxygen atoms in total. The molecule has 0 aliphatic rings. The van der Waals surface area contributed by atoms with Gasteiger partial charge in [-0.05, 0) is 57.5 Å². The fourth-order valence-corrected chi connectivity index (χ4v) is 2.75. The molecule has 1 aromatic carbocycles. The van der Waals surface area contributed by atoms with Gasteiger partial charge in [-0.3, -0.25) is 4.79 Å². The predicted molar refractivity (Wildman–Crippen MR) is 93.5 cm³/mol. The quantitative estimate of drug-likeness (QED) is 0.855. The van der Waals surface area contributed by atoms with Crippen LogP contribution in [0.15, 0.2) is 34.8 Å². The summed E-state index contributed by atoms with van der Waals surface area (Å²) in [7, 11) is 0. The van der Waals surface area contributed by atoms with Crippen molar-refractivity contribution in [2.24, 2.45) is 5.73 Å². The fraction of sp³-hybridized carbons (Fsp3) is 0.353. The van der Waals surface area contributed by atoms with Crippen molar-refractivity contribution in [3.63, 3.8) is 0 Å². The maximum Gasteiger partial charge on any atom is 0.253 e. The van der Waals surface area contributed by atoms with Gasteiger partial charge in [0.05, 0.1) is 5.56 Å². The molecule has 0 aliphatic carbocycles. The number of aryl methyl sites for hydroxylation is 1. The number of carbonyl (C=O) groups excluding carboxylic acids is 1. The number of nitrogens with one attached hydrogen (secondary N) is 1. The molecule has 0 saturated heterocycles. The summed E-state index contributed by atoms with van der Waals surface area (Å²) >= 11 is 3.44. The van der Waals surface area contributed by atoms with Gasteiger partial charge in [0.25, 0.3) is 5.91 Å². The molecule has 0 bridgehead atoms. The normalized spacial score (nSPS) is 12.2. The van der Waals surface area contributed by atoms with Crippen molar-refractivity contribution in [2.75, 3.05) is 6.54 Å². The second kappa shape index (κ2) is 7.11. The Morgan fingerprint density at radius 3 is 2.55 bits per heavy atom. The molecule has 118 valence electrons. The van der Waals surface area contributed by atoms with Gasteiger partial charge in [0.1, 0.15) is 0 Å². The summed E-state index contributed by atoms with van der Waals surface area (Å²) in [5.74, 6) is -0.0443. The van der Waals surface area contributed by atoms with E-state index in [1.807, 2.05) is 51.1 Å². The van der Waals surface area contributed by atoms with E-state index in [2.05, 4.69) is 25.8 Å². The minimum Gasteiger partial charge on any atom is -0.352 e. The number of benzene rings is 1. The molecule has 0 saturated carbocycles. The standard InChI is InChI=1S/C17H22BrN3O/c1-11(19)8-9-20-17(22)16-10-12(2)21(13(16)3)15-6-4-14(18)5-7-15/h4-7,10-11H,8-9,19H2,1-3H3,(H,20,22). The first-order chi connectivity index (χ1) is 10.4. The van der Waals surface area contributed by atoms with Crippen molar-refractivity contribution >= 4 is 21.8 Å². The number of halogens is 1. The summed E-state index contributed by atoms with van der Waals surface area (Å²) in [4.78, 5) is 12.3. The van der Waals surface area contributed by atoms with Crippen LogP contribution in [0.5, 0.6) is 0 Å². The van der Waals surface area contributed by atoms with Crippen molar-refractivity contribution in [1.82, 2.24) is 9.88 Å². The highest BCUT2D eigenvalue weighted by atomic mass is 79.9. The Hall–Kier alpha value is -1.59. The van der Waals surface area contributed by atoms with E-state index in [1.54, 1.807) is 0 Å². The van der Waals surface area contributed by atoms with E-state index in [0.29, 0.717) is 12.1 Å². The lowest BCUT2D eigenvalue weighted by Gasteiger charge is -2.10. The molecule has 2 rings (SSSR count). The van der Waals surface area contributed by atoms with Crippen molar-refractivity contribution in [3.05, 3.63) is 51.8 Å². The summed E-state index contributed by atoms with van der Waals surface area (Å²) < 4.78 is 3.12. The third-order valence-electron chi connectivity index (χ3n) is 3.65. The molecule has 3 N–H and O–H groups in total. The van der Waals surface area contributed by atoms with E-state index >= 15 is 0 Å². The highest BCUT2D eigenvalue weighted by Crippen LogP contribution is 2.22. The second-order valence-corrected chi connectivity index (χ2v) is 6.53. The molecule has 0 spiro atoms. The van der Waals surface area contributed by atoms with Crippen LogP contribution in [0.3, 0.4) is 0 Å². The molecule has 5 heteroatoms. The first-order valence-corrected chi connectivity index (χ1v) is 8.18. The Morgan fingerprint density at radius 2 is 1.95 bits per heavy atom. The van der Waals surface area contributed by atoms with Gasteiger partial charge in [-0.15, -0.1) is 0 Å². The largest absolute Gasteiger partial charge is 0.352 e. The minimum atomic E-state index is -0.0443. The Balaban J connectivity index is 2.23. The molecular formula is C17H22BrN3O. The zero-order valence-corrected chi connectivity index (χ0v) is 14.8. The zero-order valence-electron chi connectivity index (χ0n) is 13.2. The molecule has 1 aromatic heterocycles. The lowest BCUT2D eigenvalue weighted by atomic mass is 10.2. The second-order valence-electron chi connectivity index (χ2n) is 5.62. The number of nitrogens with two attached hydrogens (primary N) is 1. The molecule has 1 heterocycles. The van der Waals surface area contributed by atoms with Crippen LogP contribution in [0.25, 0.3) is 5.69 Å². The number of hydrogen-bond donors (Lipinski definition) is 2. The summed E-state index contributed by atoms with van der Waals surface area (Å²) in [5.41, 5.74) is 9.45. The van der Waals surface area contributed by atoms with Gasteiger partial charge in [-0.25, -0.2) is 0 Å². The monoisotopic (exact) mass is 363 g/mol. The van der Waals surface area contributed by atoms with Crippen molar-refractivity contribution < 1.29 is 4.79 Å². The van der Waals surface area contributed by atoms with Crippen LogP contribution < -0.4 is 11.1 Å². The summed E-state index contributed by atoms with van der Waals surface area (Å²) in [6.07, 6.45) is 0.775. The molecule has 1 amide bonds. The third-order valence-corrected chi connectivity index (χ3v) is 4.17. The molecule has 0 fully saturated rings. The van der Waals surface area contributed by atoms with Gasteiger partial charge >= 0.3 is 0 Å². The lowest BCUT2D eigenvalue weighted by Crippen LogP contribution is -2.29. The summed E-state index contributed by atoms with van der Waals surface area (Å²) in [6, 6.07) is 10.1. The van der Waals surface area contributed by atoms with Crippen molar-refractivity contribution in [2.45, 2.75) is 33.2 Å². The molecule has 1 atom stereocenters. The number of carbonyl (C=O) groups is 1. The van der Waals surface area contributed by atoms with Gasteiger partial charge in [0.15, 0.2) is 0 Å². The number of rotatable bonds is 5. The van der Waals surface area contributed by atoms with Crippen molar-refractivity contribution in [3.8, 4) is 5.69 Å². The van der Waals surface area contributed by atoms with Crippen molar-refractivity contribution in [1.29, 1.82) is 0 Å². The van der Waals surface area contributed by atoms with Crippen LogP contribution in [-0.2, 0) is 0 Å². The molecule has 1 unspecified atom stereocenters. The SMILES string of the molecule is Cc1cc(C(=O)NCCC(C)N)c(C)n1-c1ccc(Br)cc1. The minimum absolute atomic E-state index is 0.0443. The van der Waals surface area contributed by atoms with E-state index in [9.17, 15) is 4.79 Å². The molecule has 0 radical (unpaired) electrons. The zero-order chi connectivity index (χ0) is 16.3. The fourth-order valence-electron chi connectivity index (χ4n) is 2.49. The Morgan fingerprint density at radius 1 is 1.32 bits per heavy atom. The van der Waals surface area contributed by atoms with Crippen LogP contribution >= 0.6 is 15.9 Å². The lowest BCUT2D eigenvalue weighted by molar-refractivity contribution is 0.0952. The average Bonchev–Trinajstić information content (AvgIpc) is 2.75. The van der Waals surface area contributed by atoms with Crippen LogP contribution in [-0.4, -0.2) is 23.1 Å². The summed E-state index contributed by atoms with van der Waals surface area (Å²) in [5, 5.41) is 2.93. The van der Waals surface area contributed by atoms with Gasteiger partial charge < -0.3 is 15.6 Å². The first-order valence-electron chi connectivity index (χ1n) is 7.39.